The van der Waals surface area contributed by atoms with E-state index in [1.807, 2.05) is 43.3 Å². The summed E-state index contributed by atoms with van der Waals surface area (Å²) in [5.74, 6) is 2.37. The van der Waals surface area contributed by atoms with Crippen molar-refractivity contribution >= 4 is 17.3 Å². The van der Waals surface area contributed by atoms with Crippen LogP contribution in [0.4, 0.5) is 11.4 Å². The number of anilines is 2. The van der Waals surface area contributed by atoms with Crippen molar-refractivity contribution in [3.05, 3.63) is 72.3 Å². The third kappa shape index (κ3) is 6.57. The van der Waals surface area contributed by atoms with Crippen molar-refractivity contribution in [3.63, 3.8) is 0 Å². The lowest BCUT2D eigenvalue weighted by Crippen LogP contribution is -2.20. The van der Waals surface area contributed by atoms with Gasteiger partial charge in [0.05, 0.1) is 20.8 Å². The minimum atomic E-state index is -0.265. The lowest BCUT2D eigenvalue weighted by atomic mass is 10.2. The number of benzene rings is 3. The molecule has 0 aliphatic carbocycles. The Labute approximate surface area is 188 Å². The molecule has 0 fully saturated rings. The topological polar surface area (TPSA) is 78.1 Å². The quantitative estimate of drug-likeness (QED) is 0.452. The Balaban J connectivity index is 1.53. The molecule has 0 spiro atoms. The number of hydrogen-bond acceptors (Lipinski definition) is 6. The zero-order chi connectivity index (χ0) is 22.8. The van der Waals surface area contributed by atoms with Gasteiger partial charge in [-0.25, -0.2) is 0 Å². The predicted octanol–water partition coefficient (Wildman–Crippen LogP) is 4.73. The molecule has 0 aliphatic rings. The molecule has 0 aliphatic heterocycles. The second-order valence-corrected chi connectivity index (χ2v) is 6.86. The smallest absolute Gasteiger partial charge is 0.262 e. The van der Waals surface area contributed by atoms with Gasteiger partial charge in [-0.05, 0) is 73.2 Å². The third-order valence-corrected chi connectivity index (χ3v) is 4.62. The Morgan fingerprint density at radius 2 is 1.47 bits per heavy atom. The van der Waals surface area contributed by atoms with Crippen LogP contribution in [0, 0.1) is 0 Å². The van der Waals surface area contributed by atoms with Gasteiger partial charge in [0.1, 0.15) is 11.5 Å². The molecular formula is C25H28N2O5. The van der Waals surface area contributed by atoms with Crippen LogP contribution in [0.2, 0.25) is 0 Å². The first-order valence-electron chi connectivity index (χ1n) is 10.3. The van der Waals surface area contributed by atoms with E-state index in [1.165, 1.54) is 0 Å². The summed E-state index contributed by atoms with van der Waals surface area (Å²) in [6, 6.07) is 20.5. The van der Waals surface area contributed by atoms with Gasteiger partial charge in [-0.1, -0.05) is 6.07 Å². The Bertz CT molecular complexity index is 1000. The normalized spacial score (nSPS) is 10.2. The first kappa shape index (κ1) is 22.8. The van der Waals surface area contributed by atoms with E-state index >= 15 is 0 Å². The van der Waals surface area contributed by atoms with Gasteiger partial charge in [0.15, 0.2) is 18.1 Å². The molecule has 0 aromatic heterocycles. The van der Waals surface area contributed by atoms with Gasteiger partial charge in [0.2, 0.25) is 0 Å². The molecule has 3 aromatic rings. The lowest BCUT2D eigenvalue weighted by Gasteiger charge is -2.13. The highest BCUT2D eigenvalue weighted by Gasteiger charge is 2.09. The van der Waals surface area contributed by atoms with Crippen LogP contribution in [0.3, 0.4) is 0 Å². The fourth-order valence-electron chi connectivity index (χ4n) is 3.00. The third-order valence-electron chi connectivity index (χ3n) is 4.62. The van der Waals surface area contributed by atoms with E-state index < -0.39 is 0 Å². The highest BCUT2D eigenvalue weighted by molar-refractivity contribution is 5.91. The van der Waals surface area contributed by atoms with E-state index in [1.54, 1.807) is 44.6 Å². The van der Waals surface area contributed by atoms with Gasteiger partial charge in [-0.15, -0.1) is 0 Å². The van der Waals surface area contributed by atoms with E-state index in [-0.39, 0.29) is 12.5 Å². The average molecular weight is 437 g/mol. The summed E-state index contributed by atoms with van der Waals surface area (Å²) in [7, 11) is 3.17. The van der Waals surface area contributed by atoms with Gasteiger partial charge < -0.3 is 29.6 Å². The molecule has 0 heterocycles. The van der Waals surface area contributed by atoms with Crippen LogP contribution in [0.5, 0.6) is 23.0 Å². The zero-order valence-corrected chi connectivity index (χ0v) is 18.5. The number of rotatable bonds is 11. The zero-order valence-electron chi connectivity index (χ0n) is 18.5. The maximum atomic E-state index is 12.2. The summed E-state index contributed by atoms with van der Waals surface area (Å²) in [6.45, 7) is 3.08. The van der Waals surface area contributed by atoms with Crippen LogP contribution in [-0.2, 0) is 11.3 Å². The molecule has 3 aromatic carbocycles. The summed E-state index contributed by atoms with van der Waals surface area (Å²) < 4.78 is 21.7. The monoisotopic (exact) mass is 436 g/mol. The maximum Gasteiger partial charge on any atom is 0.262 e. The van der Waals surface area contributed by atoms with Crippen LogP contribution < -0.4 is 29.6 Å². The minimum absolute atomic E-state index is 0.133. The van der Waals surface area contributed by atoms with Gasteiger partial charge in [-0.2, -0.15) is 0 Å². The van der Waals surface area contributed by atoms with E-state index in [0.29, 0.717) is 30.3 Å². The van der Waals surface area contributed by atoms with Gasteiger partial charge in [-0.3, -0.25) is 4.79 Å². The Kier molecular flexibility index (Phi) is 8.20. The largest absolute Gasteiger partial charge is 0.497 e. The molecule has 0 atom stereocenters. The molecule has 0 saturated carbocycles. The molecule has 0 radical (unpaired) electrons. The Morgan fingerprint density at radius 3 is 2.12 bits per heavy atom. The number of ether oxygens (including phenoxy) is 4. The first-order valence-corrected chi connectivity index (χ1v) is 10.3. The van der Waals surface area contributed by atoms with Crippen molar-refractivity contribution in [1.82, 2.24) is 0 Å². The van der Waals surface area contributed by atoms with Gasteiger partial charge in [0, 0.05) is 17.9 Å². The van der Waals surface area contributed by atoms with E-state index in [2.05, 4.69) is 10.6 Å². The predicted molar refractivity (Wildman–Crippen MR) is 125 cm³/mol. The van der Waals surface area contributed by atoms with Gasteiger partial charge in [0.25, 0.3) is 5.91 Å². The first-order chi connectivity index (χ1) is 15.6. The molecule has 168 valence electrons. The highest BCUT2D eigenvalue weighted by Crippen LogP contribution is 2.28. The average Bonchev–Trinajstić information content (AvgIpc) is 2.83. The number of methoxy groups -OCH3 is 2. The molecule has 0 saturated heterocycles. The van der Waals surface area contributed by atoms with Crippen LogP contribution in [0.1, 0.15) is 12.5 Å². The fourth-order valence-corrected chi connectivity index (χ4v) is 3.00. The van der Waals surface area contributed by atoms with Crippen molar-refractivity contribution in [2.45, 2.75) is 13.5 Å². The standard InChI is InChI=1S/C25H28N2O5/c1-4-31-22-12-6-19(7-13-22)26-16-18-5-14-23(24(15-18)30-3)32-17-25(28)27-20-8-10-21(29-2)11-9-20/h5-15,26H,4,16-17H2,1-3H3,(H,27,28). The van der Waals surface area contributed by atoms with Crippen molar-refractivity contribution in [2.24, 2.45) is 0 Å². The van der Waals surface area contributed by atoms with E-state index in [4.69, 9.17) is 18.9 Å². The maximum absolute atomic E-state index is 12.2. The molecule has 7 nitrogen and oxygen atoms in total. The highest BCUT2D eigenvalue weighted by atomic mass is 16.5. The molecular weight excluding hydrogens is 408 g/mol. The van der Waals surface area contributed by atoms with Crippen molar-refractivity contribution in [1.29, 1.82) is 0 Å². The summed E-state index contributed by atoms with van der Waals surface area (Å²) in [5, 5.41) is 6.15. The van der Waals surface area contributed by atoms with Crippen molar-refractivity contribution in [2.75, 3.05) is 38.1 Å². The number of carbonyl (C=O) groups is 1. The molecule has 0 unspecified atom stereocenters. The van der Waals surface area contributed by atoms with Crippen LogP contribution in [-0.4, -0.2) is 33.3 Å². The summed E-state index contributed by atoms with van der Waals surface area (Å²) in [6.07, 6.45) is 0. The second kappa shape index (κ2) is 11.5. The fraction of sp³-hybridized carbons (Fsp3) is 0.240. The number of amides is 1. The summed E-state index contributed by atoms with van der Waals surface area (Å²) in [5.41, 5.74) is 2.68. The number of nitrogens with one attached hydrogen (secondary N) is 2. The van der Waals surface area contributed by atoms with Crippen LogP contribution in [0.25, 0.3) is 0 Å². The molecule has 0 bridgehead atoms. The van der Waals surface area contributed by atoms with Gasteiger partial charge >= 0.3 is 0 Å². The summed E-state index contributed by atoms with van der Waals surface area (Å²) in [4.78, 5) is 12.2. The van der Waals surface area contributed by atoms with Crippen molar-refractivity contribution < 1.29 is 23.7 Å². The van der Waals surface area contributed by atoms with E-state index in [0.717, 1.165) is 22.7 Å². The molecule has 1 amide bonds. The van der Waals surface area contributed by atoms with Crippen LogP contribution >= 0.6 is 0 Å². The Morgan fingerprint density at radius 1 is 0.781 bits per heavy atom. The SMILES string of the molecule is CCOc1ccc(NCc2ccc(OCC(=O)Nc3ccc(OC)cc3)c(OC)c2)cc1. The lowest BCUT2D eigenvalue weighted by molar-refractivity contribution is -0.118. The second-order valence-electron chi connectivity index (χ2n) is 6.86. The Hall–Kier alpha value is -3.87. The van der Waals surface area contributed by atoms with Crippen molar-refractivity contribution in [3.8, 4) is 23.0 Å². The molecule has 2 N–H and O–H groups in total. The minimum Gasteiger partial charge on any atom is -0.497 e. The molecule has 3 rings (SSSR count). The molecule has 7 heteroatoms. The number of carbonyl (C=O) groups excluding carboxylic acids is 1. The summed E-state index contributed by atoms with van der Waals surface area (Å²) >= 11 is 0. The number of hydrogen-bond donors (Lipinski definition) is 2. The van der Waals surface area contributed by atoms with E-state index in [9.17, 15) is 4.79 Å². The molecule has 32 heavy (non-hydrogen) atoms. The van der Waals surface area contributed by atoms with Crippen LogP contribution in [0.15, 0.2) is 66.7 Å².